The lowest BCUT2D eigenvalue weighted by Gasteiger charge is -2.25. The maximum absolute atomic E-state index is 13.4. The van der Waals surface area contributed by atoms with Crippen molar-refractivity contribution >= 4 is 11.6 Å². The van der Waals surface area contributed by atoms with Gasteiger partial charge in [0.05, 0.1) is 11.1 Å². The first-order chi connectivity index (χ1) is 8.58. The van der Waals surface area contributed by atoms with Gasteiger partial charge in [0.1, 0.15) is 5.82 Å². The summed E-state index contributed by atoms with van der Waals surface area (Å²) in [5, 5.41) is 9.71. The zero-order chi connectivity index (χ0) is 13.1. The molecule has 1 aliphatic heterocycles. The van der Waals surface area contributed by atoms with Gasteiger partial charge in [0.15, 0.2) is 0 Å². The van der Waals surface area contributed by atoms with E-state index in [4.69, 9.17) is 11.6 Å². The number of nitrogens with zero attached hydrogens (tertiary/aromatic N) is 1. The van der Waals surface area contributed by atoms with Crippen LogP contribution in [0.5, 0.6) is 0 Å². The highest BCUT2D eigenvalue weighted by Crippen LogP contribution is 2.27. The summed E-state index contributed by atoms with van der Waals surface area (Å²) in [5.74, 6) is -0.361. The van der Waals surface area contributed by atoms with Crippen molar-refractivity contribution in [1.82, 2.24) is 4.90 Å². The molecule has 2 rings (SSSR count). The second-order valence-electron chi connectivity index (χ2n) is 5.06. The molecule has 1 aromatic rings. The molecule has 100 valence electrons. The Balaban J connectivity index is 2.06. The standard InChI is InChI=1S/C14H19ClFNO/c1-10(18)8-12-5-3-7-17(12)9-11-4-2-6-13(16)14(11)15/h2,4,6,10,12,18H,3,5,7-9H2,1H3. The molecule has 0 spiro atoms. The molecule has 2 unspecified atom stereocenters. The van der Waals surface area contributed by atoms with Crippen LogP contribution in [-0.2, 0) is 6.54 Å². The molecular formula is C14H19ClFNO. The predicted molar refractivity (Wildman–Crippen MR) is 71.1 cm³/mol. The first-order valence-electron chi connectivity index (χ1n) is 6.43. The van der Waals surface area contributed by atoms with E-state index in [2.05, 4.69) is 4.90 Å². The van der Waals surface area contributed by atoms with E-state index in [1.807, 2.05) is 13.0 Å². The Labute approximate surface area is 112 Å². The van der Waals surface area contributed by atoms with Gasteiger partial charge in [-0.3, -0.25) is 4.90 Å². The fourth-order valence-corrected chi connectivity index (χ4v) is 2.84. The number of likely N-dealkylation sites (tertiary alicyclic amines) is 1. The van der Waals surface area contributed by atoms with Crippen LogP contribution in [0.25, 0.3) is 0 Å². The number of benzene rings is 1. The Morgan fingerprint density at radius 1 is 1.56 bits per heavy atom. The lowest BCUT2D eigenvalue weighted by Crippen LogP contribution is -2.31. The number of aliphatic hydroxyl groups excluding tert-OH is 1. The van der Waals surface area contributed by atoms with Crippen LogP contribution in [0.3, 0.4) is 0 Å². The van der Waals surface area contributed by atoms with Crippen LogP contribution in [-0.4, -0.2) is 28.7 Å². The minimum atomic E-state index is -0.361. The van der Waals surface area contributed by atoms with Crippen molar-refractivity contribution in [3.63, 3.8) is 0 Å². The second kappa shape index (κ2) is 6.00. The Morgan fingerprint density at radius 3 is 3.06 bits per heavy atom. The molecule has 0 saturated carbocycles. The van der Waals surface area contributed by atoms with Crippen LogP contribution in [0.4, 0.5) is 4.39 Å². The summed E-state index contributed by atoms with van der Waals surface area (Å²) in [6.45, 7) is 3.46. The van der Waals surface area contributed by atoms with Gasteiger partial charge < -0.3 is 5.11 Å². The maximum atomic E-state index is 13.4. The molecule has 4 heteroatoms. The molecule has 0 amide bonds. The summed E-state index contributed by atoms with van der Waals surface area (Å²) in [5.41, 5.74) is 0.828. The molecule has 2 atom stereocenters. The zero-order valence-electron chi connectivity index (χ0n) is 10.6. The summed E-state index contributed by atoms with van der Waals surface area (Å²) >= 11 is 5.97. The van der Waals surface area contributed by atoms with E-state index in [0.29, 0.717) is 12.6 Å². The van der Waals surface area contributed by atoms with Crippen LogP contribution in [0.1, 0.15) is 31.7 Å². The largest absolute Gasteiger partial charge is 0.393 e. The van der Waals surface area contributed by atoms with Crippen LogP contribution >= 0.6 is 11.6 Å². The maximum Gasteiger partial charge on any atom is 0.142 e. The Morgan fingerprint density at radius 2 is 2.33 bits per heavy atom. The van der Waals surface area contributed by atoms with Gasteiger partial charge in [-0.1, -0.05) is 23.7 Å². The highest BCUT2D eigenvalue weighted by atomic mass is 35.5. The van der Waals surface area contributed by atoms with Gasteiger partial charge >= 0.3 is 0 Å². The minimum absolute atomic E-state index is 0.222. The van der Waals surface area contributed by atoms with Crippen molar-refractivity contribution in [2.24, 2.45) is 0 Å². The van der Waals surface area contributed by atoms with E-state index in [1.54, 1.807) is 6.07 Å². The van der Waals surface area contributed by atoms with Crippen molar-refractivity contribution < 1.29 is 9.50 Å². The second-order valence-corrected chi connectivity index (χ2v) is 5.44. The summed E-state index contributed by atoms with van der Waals surface area (Å²) in [6.07, 6.45) is 2.70. The van der Waals surface area contributed by atoms with E-state index in [0.717, 1.165) is 31.4 Å². The Kier molecular flexibility index (Phi) is 4.60. The SMILES string of the molecule is CC(O)CC1CCCN1Cc1cccc(F)c1Cl. The van der Waals surface area contributed by atoms with Gasteiger partial charge in [0.2, 0.25) is 0 Å². The van der Waals surface area contributed by atoms with Gasteiger partial charge in [-0.2, -0.15) is 0 Å². The van der Waals surface area contributed by atoms with Gasteiger partial charge in [-0.05, 0) is 44.4 Å². The number of halogens is 2. The van der Waals surface area contributed by atoms with Crippen molar-refractivity contribution in [2.45, 2.75) is 44.9 Å². The van der Waals surface area contributed by atoms with Gasteiger partial charge in [0, 0.05) is 12.6 Å². The summed E-state index contributed by atoms with van der Waals surface area (Å²) in [7, 11) is 0. The molecule has 0 radical (unpaired) electrons. The van der Waals surface area contributed by atoms with Gasteiger partial charge in [0.25, 0.3) is 0 Å². The number of hydrogen-bond donors (Lipinski definition) is 1. The molecule has 1 saturated heterocycles. The van der Waals surface area contributed by atoms with Gasteiger partial charge in [-0.25, -0.2) is 4.39 Å². The highest BCUT2D eigenvalue weighted by Gasteiger charge is 2.26. The Bertz CT molecular complexity index is 411. The molecule has 0 aliphatic carbocycles. The van der Waals surface area contributed by atoms with E-state index >= 15 is 0 Å². The zero-order valence-corrected chi connectivity index (χ0v) is 11.3. The van der Waals surface area contributed by atoms with E-state index in [-0.39, 0.29) is 16.9 Å². The first kappa shape index (κ1) is 13.8. The van der Waals surface area contributed by atoms with Crippen LogP contribution in [0, 0.1) is 5.82 Å². The van der Waals surface area contributed by atoms with Crippen LogP contribution in [0.15, 0.2) is 18.2 Å². The third kappa shape index (κ3) is 3.22. The van der Waals surface area contributed by atoms with Crippen LogP contribution < -0.4 is 0 Å². The Hall–Kier alpha value is -0.640. The fourth-order valence-electron chi connectivity index (χ4n) is 2.65. The lowest BCUT2D eigenvalue weighted by molar-refractivity contribution is 0.130. The first-order valence-corrected chi connectivity index (χ1v) is 6.80. The minimum Gasteiger partial charge on any atom is -0.393 e. The van der Waals surface area contributed by atoms with Crippen LogP contribution in [0.2, 0.25) is 5.02 Å². The van der Waals surface area contributed by atoms with E-state index in [1.165, 1.54) is 6.07 Å². The van der Waals surface area contributed by atoms with E-state index in [9.17, 15) is 9.50 Å². The third-order valence-electron chi connectivity index (χ3n) is 3.52. The van der Waals surface area contributed by atoms with E-state index < -0.39 is 0 Å². The van der Waals surface area contributed by atoms with Crippen molar-refractivity contribution in [3.8, 4) is 0 Å². The van der Waals surface area contributed by atoms with Crippen molar-refractivity contribution in [1.29, 1.82) is 0 Å². The fraction of sp³-hybridized carbons (Fsp3) is 0.571. The molecule has 0 bridgehead atoms. The molecule has 1 aromatic carbocycles. The third-order valence-corrected chi connectivity index (χ3v) is 3.94. The molecule has 1 fully saturated rings. The highest BCUT2D eigenvalue weighted by molar-refractivity contribution is 6.31. The molecule has 1 heterocycles. The van der Waals surface area contributed by atoms with Crippen molar-refractivity contribution in [3.05, 3.63) is 34.6 Å². The quantitative estimate of drug-likeness (QED) is 0.909. The average molecular weight is 272 g/mol. The number of rotatable bonds is 4. The molecular weight excluding hydrogens is 253 g/mol. The number of hydrogen-bond acceptors (Lipinski definition) is 2. The number of aliphatic hydroxyl groups is 1. The lowest BCUT2D eigenvalue weighted by atomic mass is 10.1. The van der Waals surface area contributed by atoms with Gasteiger partial charge in [-0.15, -0.1) is 0 Å². The average Bonchev–Trinajstić information content (AvgIpc) is 2.72. The molecule has 2 nitrogen and oxygen atoms in total. The summed E-state index contributed by atoms with van der Waals surface area (Å²) < 4.78 is 13.4. The summed E-state index contributed by atoms with van der Waals surface area (Å²) in [4.78, 5) is 2.29. The molecule has 18 heavy (non-hydrogen) atoms. The molecule has 1 aliphatic rings. The topological polar surface area (TPSA) is 23.5 Å². The molecule has 1 N–H and O–H groups in total. The monoisotopic (exact) mass is 271 g/mol. The van der Waals surface area contributed by atoms with Crippen molar-refractivity contribution in [2.75, 3.05) is 6.54 Å². The summed E-state index contributed by atoms with van der Waals surface area (Å²) in [6, 6.07) is 5.31. The molecule has 0 aromatic heterocycles. The predicted octanol–water partition coefficient (Wildman–Crippen LogP) is 3.21. The smallest absolute Gasteiger partial charge is 0.142 e. The normalized spacial score (nSPS) is 22.3.